The molecule has 0 unspecified atom stereocenters. The Hall–Kier alpha value is 0.510. The van der Waals surface area contributed by atoms with Gasteiger partial charge in [-0.15, -0.1) is 0 Å². The molecule has 2 heteroatoms. The molecule has 0 amide bonds. The minimum atomic E-state index is 0.847. The molecule has 0 atom stereocenters. The van der Waals surface area contributed by atoms with Gasteiger partial charge in [-0.3, -0.25) is 0 Å². The first-order chi connectivity index (χ1) is 4.70. The molecule has 0 heterocycles. The first kappa shape index (κ1) is 8.61. The van der Waals surface area contributed by atoms with Crippen LogP contribution in [-0.4, -0.2) is 0 Å². The summed E-state index contributed by atoms with van der Waals surface area (Å²) in [4.78, 5) is 0. The normalized spacial score (nSPS) is 26.7. The van der Waals surface area contributed by atoms with Crippen molar-refractivity contribution < 1.29 is 0 Å². The van der Waals surface area contributed by atoms with Gasteiger partial charge in [0.1, 0.15) is 0 Å². The summed E-state index contributed by atoms with van der Waals surface area (Å²) in [6, 6.07) is 0. The average Bonchev–Trinajstić information content (AvgIpc) is 1.88. The van der Waals surface area contributed by atoms with E-state index in [4.69, 9.17) is 11.6 Å². The lowest BCUT2D eigenvalue weighted by molar-refractivity contribution is 0.444. The van der Waals surface area contributed by atoms with Crippen molar-refractivity contribution in [2.75, 3.05) is 0 Å². The standard InChI is InChI=1S/C8H12BrCl/c1-6-2-4-7(5-3-6)8(9)10/h6H,2-5H2,1H3. The van der Waals surface area contributed by atoms with Crippen LogP contribution >= 0.6 is 27.5 Å². The third kappa shape index (κ3) is 2.28. The smallest absolute Gasteiger partial charge is 0.0762 e. The second-order valence-corrected chi connectivity index (χ2v) is 4.67. The zero-order valence-electron chi connectivity index (χ0n) is 6.16. The molecule has 0 nitrogen and oxygen atoms in total. The molecule has 0 radical (unpaired) electrons. The topological polar surface area (TPSA) is 0 Å². The maximum Gasteiger partial charge on any atom is 0.0826 e. The van der Waals surface area contributed by atoms with E-state index in [1.54, 1.807) is 0 Å². The van der Waals surface area contributed by atoms with Crippen LogP contribution in [0.2, 0.25) is 0 Å². The molecule has 0 aromatic carbocycles. The number of allylic oxidation sites excluding steroid dienone is 1. The van der Waals surface area contributed by atoms with Crippen molar-refractivity contribution >= 4 is 27.5 Å². The fraction of sp³-hybridized carbons (Fsp3) is 0.750. The second kappa shape index (κ2) is 3.77. The summed E-state index contributed by atoms with van der Waals surface area (Å²) in [5.41, 5.74) is 1.40. The van der Waals surface area contributed by atoms with E-state index in [2.05, 4.69) is 22.9 Å². The highest BCUT2D eigenvalue weighted by molar-refractivity contribution is 9.12. The Morgan fingerprint density at radius 2 is 2.00 bits per heavy atom. The van der Waals surface area contributed by atoms with Crippen LogP contribution in [0.3, 0.4) is 0 Å². The summed E-state index contributed by atoms with van der Waals surface area (Å²) in [6.45, 7) is 2.30. The van der Waals surface area contributed by atoms with Crippen LogP contribution < -0.4 is 0 Å². The highest BCUT2D eigenvalue weighted by atomic mass is 79.9. The Kier molecular flexibility index (Phi) is 3.25. The number of hydrogen-bond acceptors (Lipinski definition) is 0. The number of halogens is 2. The lowest BCUT2D eigenvalue weighted by Crippen LogP contribution is -2.03. The van der Waals surface area contributed by atoms with E-state index < -0.39 is 0 Å². The van der Waals surface area contributed by atoms with Crippen LogP contribution in [0.25, 0.3) is 0 Å². The lowest BCUT2D eigenvalue weighted by Gasteiger charge is -2.19. The molecule has 1 aliphatic carbocycles. The van der Waals surface area contributed by atoms with Gasteiger partial charge in [0, 0.05) is 0 Å². The van der Waals surface area contributed by atoms with Gasteiger partial charge in [0.15, 0.2) is 0 Å². The Balaban J connectivity index is 2.48. The molecule has 0 spiro atoms. The summed E-state index contributed by atoms with van der Waals surface area (Å²) in [5, 5.41) is 0. The summed E-state index contributed by atoms with van der Waals surface area (Å²) in [6.07, 6.45) is 4.98. The molecule has 1 fully saturated rings. The van der Waals surface area contributed by atoms with Gasteiger partial charge in [0.2, 0.25) is 0 Å². The van der Waals surface area contributed by atoms with Gasteiger partial charge in [-0.05, 0) is 53.1 Å². The lowest BCUT2D eigenvalue weighted by atomic mass is 9.88. The van der Waals surface area contributed by atoms with Crippen LogP contribution in [0, 0.1) is 5.92 Å². The van der Waals surface area contributed by atoms with E-state index in [0.29, 0.717) is 0 Å². The van der Waals surface area contributed by atoms with Crippen molar-refractivity contribution in [1.29, 1.82) is 0 Å². The largest absolute Gasteiger partial charge is 0.0826 e. The molecule has 0 bridgehead atoms. The first-order valence-corrected chi connectivity index (χ1v) is 4.90. The Bertz CT molecular complexity index is 137. The molecule has 1 aliphatic rings. The zero-order valence-corrected chi connectivity index (χ0v) is 8.50. The van der Waals surface area contributed by atoms with Gasteiger partial charge in [-0.25, -0.2) is 0 Å². The Morgan fingerprint density at radius 1 is 1.50 bits per heavy atom. The second-order valence-electron chi connectivity index (χ2n) is 3.05. The highest BCUT2D eigenvalue weighted by Crippen LogP contribution is 2.32. The van der Waals surface area contributed by atoms with Crippen LogP contribution in [0.4, 0.5) is 0 Å². The summed E-state index contributed by atoms with van der Waals surface area (Å²) in [7, 11) is 0. The monoisotopic (exact) mass is 222 g/mol. The van der Waals surface area contributed by atoms with Gasteiger partial charge in [0.05, 0.1) is 3.94 Å². The van der Waals surface area contributed by atoms with E-state index in [1.165, 1.54) is 31.3 Å². The van der Waals surface area contributed by atoms with Crippen LogP contribution in [-0.2, 0) is 0 Å². The molecule has 0 aromatic rings. The highest BCUT2D eigenvalue weighted by Gasteiger charge is 2.13. The molecular formula is C8H12BrCl. The predicted octanol–water partition coefficient (Wildman–Crippen LogP) is 4.04. The van der Waals surface area contributed by atoms with Crippen molar-refractivity contribution in [2.45, 2.75) is 32.6 Å². The fourth-order valence-electron chi connectivity index (χ4n) is 1.30. The van der Waals surface area contributed by atoms with E-state index in [0.717, 1.165) is 9.86 Å². The molecule has 58 valence electrons. The Labute approximate surface area is 75.8 Å². The van der Waals surface area contributed by atoms with Crippen molar-refractivity contribution in [2.24, 2.45) is 5.92 Å². The average molecular weight is 224 g/mol. The first-order valence-electron chi connectivity index (χ1n) is 3.73. The van der Waals surface area contributed by atoms with Crippen LogP contribution in [0.15, 0.2) is 9.51 Å². The Morgan fingerprint density at radius 3 is 2.40 bits per heavy atom. The maximum absolute atomic E-state index is 5.80. The van der Waals surface area contributed by atoms with Crippen molar-refractivity contribution in [3.8, 4) is 0 Å². The summed E-state index contributed by atoms with van der Waals surface area (Å²) >= 11 is 9.10. The van der Waals surface area contributed by atoms with Gasteiger partial charge in [-0.2, -0.15) is 0 Å². The SMILES string of the molecule is CC1CCC(=C(Cl)Br)CC1. The molecule has 0 aliphatic heterocycles. The molecule has 0 N–H and O–H groups in total. The van der Waals surface area contributed by atoms with Gasteiger partial charge >= 0.3 is 0 Å². The van der Waals surface area contributed by atoms with E-state index >= 15 is 0 Å². The molecular weight excluding hydrogens is 211 g/mol. The van der Waals surface area contributed by atoms with Gasteiger partial charge in [-0.1, -0.05) is 18.5 Å². The predicted molar refractivity (Wildman–Crippen MR) is 49.4 cm³/mol. The quantitative estimate of drug-likeness (QED) is 0.581. The third-order valence-corrected chi connectivity index (χ3v) is 2.97. The molecule has 0 aromatic heterocycles. The number of hydrogen-bond donors (Lipinski definition) is 0. The van der Waals surface area contributed by atoms with Crippen molar-refractivity contribution in [3.63, 3.8) is 0 Å². The summed E-state index contributed by atoms with van der Waals surface area (Å²) < 4.78 is 0.847. The van der Waals surface area contributed by atoms with E-state index in [-0.39, 0.29) is 0 Å². The minimum absolute atomic E-state index is 0.847. The summed E-state index contributed by atoms with van der Waals surface area (Å²) in [5.74, 6) is 0.896. The number of rotatable bonds is 0. The third-order valence-electron chi connectivity index (χ3n) is 2.15. The van der Waals surface area contributed by atoms with E-state index in [1.807, 2.05) is 0 Å². The zero-order chi connectivity index (χ0) is 7.56. The minimum Gasteiger partial charge on any atom is -0.0762 e. The molecule has 0 saturated heterocycles. The molecule has 1 rings (SSSR count). The molecule has 10 heavy (non-hydrogen) atoms. The van der Waals surface area contributed by atoms with E-state index in [9.17, 15) is 0 Å². The fourth-order valence-corrected chi connectivity index (χ4v) is 1.89. The molecule has 1 saturated carbocycles. The maximum atomic E-state index is 5.80. The van der Waals surface area contributed by atoms with Crippen LogP contribution in [0.1, 0.15) is 32.6 Å². The van der Waals surface area contributed by atoms with Crippen molar-refractivity contribution in [3.05, 3.63) is 9.51 Å². The van der Waals surface area contributed by atoms with Gasteiger partial charge in [0.25, 0.3) is 0 Å². The van der Waals surface area contributed by atoms with Gasteiger partial charge < -0.3 is 0 Å². The van der Waals surface area contributed by atoms with Crippen molar-refractivity contribution in [1.82, 2.24) is 0 Å². The van der Waals surface area contributed by atoms with Crippen LogP contribution in [0.5, 0.6) is 0 Å².